The average molecular weight is 301 g/mol. The highest BCUT2D eigenvalue weighted by molar-refractivity contribution is 5.89. The number of carbonyl (C=O) groups excluding carboxylic acids is 1. The van der Waals surface area contributed by atoms with Crippen molar-refractivity contribution >= 4 is 5.91 Å². The number of hydrogen-bond donors (Lipinski definition) is 2. The Morgan fingerprint density at radius 3 is 2.73 bits per heavy atom. The molecule has 3 nitrogen and oxygen atoms in total. The van der Waals surface area contributed by atoms with Crippen LogP contribution in [0.1, 0.15) is 56.1 Å². The fraction of sp³-hybridized carbons (Fsp3) is 0.632. The van der Waals surface area contributed by atoms with Gasteiger partial charge < -0.3 is 10.4 Å². The Labute approximate surface area is 133 Å². The van der Waals surface area contributed by atoms with Crippen molar-refractivity contribution in [3.8, 4) is 0 Å². The van der Waals surface area contributed by atoms with Gasteiger partial charge >= 0.3 is 0 Å². The molecular formula is C19H27NO2. The van der Waals surface area contributed by atoms with E-state index in [1.54, 1.807) is 0 Å². The van der Waals surface area contributed by atoms with Gasteiger partial charge in [0.05, 0.1) is 5.41 Å². The zero-order valence-electron chi connectivity index (χ0n) is 13.5. The minimum Gasteiger partial charge on any atom is -0.396 e. The topological polar surface area (TPSA) is 49.3 Å². The van der Waals surface area contributed by atoms with E-state index in [4.69, 9.17) is 0 Å². The molecule has 0 radical (unpaired) electrons. The molecule has 2 aliphatic rings. The number of aryl methyl sites for hydroxylation is 1. The molecule has 2 fully saturated rings. The smallest absolute Gasteiger partial charge is 0.230 e. The molecule has 2 aliphatic carbocycles. The highest BCUT2D eigenvalue weighted by Gasteiger charge is 2.43. The van der Waals surface area contributed by atoms with Gasteiger partial charge in [-0.2, -0.15) is 0 Å². The van der Waals surface area contributed by atoms with Crippen LogP contribution >= 0.6 is 0 Å². The van der Waals surface area contributed by atoms with Crippen LogP contribution in [0.25, 0.3) is 0 Å². The third kappa shape index (κ3) is 2.91. The Morgan fingerprint density at radius 2 is 2.09 bits per heavy atom. The van der Waals surface area contributed by atoms with Gasteiger partial charge in [-0.05, 0) is 50.5 Å². The van der Waals surface area contributed by atoms with Gasteiger partial charge in [0.1, 0.15) is 0 Å². The average Bonchev–Trinajstić information content (AvgIpc) is 3.17. The van der Waals surface area contributed by atoms with Gasteiger partial charge in [0.25, 0.3) is 0 Å². The van der Waals surface area contributed by atoms with E-state index in [1.165, 1.54) is 11.1 Å². The standard InChI is InChI=1S/C19H27NO2/c1-14-5-4-6-16(11-14)19(9-2-3-10-19)18(22)20-17-8-7-15(12-17)13-21/h4-6,11,15,17,21H,2-3,7-10,12-13H2,1H3,(H,20,22)/t15-,17+/m1/s1. The van der Waals surface area contributed by atoms with E-state index in [2.05, 4.69) is 36.5 Å². The first kappa shape index (κ1) is 15.5. The molecular weight excluding hydrogens is 274 g/mol. The molecule has 0 heterocycles. The number of aliphatic hydroxyl groups is 1. The summed E-state index contributed by atoms with van der Waals surface area (Å²) in [6.45, 7) is 2.34. The van der Waals surface area contributed by atoms with Crippen molar-refractivity contribution in [3.63, 3.8) is 0 Å². The second kappa shape index (κ2) is 6.41. The number of nitrogens with one attached hydrogen (secondary N) is 1. The Bertz CT molecular complexity index is 534. The lowest BCUT2D eigenvalue weighted by Gasteiger charge is -2.30. The molecule has 1 aromatic carbocycles. The maximum atomic E-state index is 13.1. The first-order valence-electron chi connectivity index (χ1n) is 8.63. The second-order valence-corrected chi connectivity index (χ2v) is 7.19. The number of aliphatic hydroxyl groups excluding tert-OH is 1. The number of benzene rings is 1. The third-order valence-electron chi connectivity index (χ3n) is 5.60. The Morgan fingerprint density at radius 1 is 1.32 bits per heavy atom. The number of rotatable bonds is 4. The van der Waals surface area contributed by atoms with Gasteiger partial charge in [-0.15, -0.1) is 0 Å². The summed E-state index contributed by atoms with van der Waals surface area (Å²) in [5.41, 5.74) is 2.07. The molecule has 3 heteroatoms. The van der Waals surface area contributed by atoms with Crippen LogP contribution in [0.5, 0.6) is 0 Å². The van der Waals surface area contributed by atoms with E-state index in [1.807, 2.05) is 0 Å². The van der Waals surface area contributed by atoms with Crippen LogP contribution in [-0.4, -0.2) is 23.7 Å². The minimum atomic E-state index is -0.330. The van der Waals surface area contributed by atoms with Crippen molar-refractivity contribution in [2.45, 2.75) is 63.3 Å². The molecule has 0 bridgehead atoms. The van der Waals surface area contributed by atoms with Crippen LogP contribution in [0.2, 0.25) is 0 Å². The molecule has 0 aliphatic heterocycles. The predicted molar refractivity (Wildman–Crippen MR) is 87.7 cm³/mol. The monoisotopic (exact) mass is 301 g/mol. The molecule has 2 atom stereocenters. The molecule has 0 aromatic heterocycles. The Balaban J connectivity index is 1.77. The van der Waals surface area contributed by atoms with Gasteiger partial charge in [-0.25, -0.2) is 0 Å². The zero-order chi connectivity index (χ0) is 15.6. The predicted octanol–water partition coefficient (Wildman–Crippen LogP) is 3.08. The number of amides is 1. The summed E-state index contributed by atoms with van der Waals surface area (Å²) < 4.78 is 0. The lowest BCUT2D eigenvalue weighted by Crippen LogP contribution is -2.46. The summed E-state index contributed by atoms with van der Waals surface area (Å²) >= 11 is 0. The molecule has 0 spiro atoms. The van der Waals surface area contributed by atoms with Crippen LogP contribution in [0, 0.1) is 12.8 Å². The number of carbonyl (C=O) groups is 1. The third-order valence-corrected chi connectivity index (χ3v) is 5.60. The van der Waals surface area contributed by atoms with Crippen LogP contribution in [0.15, 0.2) is 24.3 Å². The molecule has 22 heavy (non-hydrogen) atoms. The van der Waals surface area contributed by atoms with Crippen molar-refractivity contribution < 1.29 is 9.90 Å². The lowest BCUT2D eigenvalue weighted by atomic mass is 9.77. The molecule has 2 N–H and O–H groups in total. The highest BCUT2D eigenvalue weighted by atomic mass is 16.3. The van der Waals surface area contributed by atoms with Crippen LogP contribution < -0.4 is 5.32 Å². The minimum absolute atomic E-state index is 0.208. The van der Waals surface area contributed by atoms with Crippen molar-refractivity contribution in [1.82, 2.24) is 5.32 Å². The fourth-order valence-corrected chi connectivity index (χ4v) is 4.26. The van der Waals surface area contributed by atoms with Crippen LogP contribution in [-0.2, 0) is 10.2 Å². The quantitative estimate of drug-likeness (QED) is 0.898. The maximum absolute atomic E-state index is 13.1. The van der Waals surface area contributed by atoms with Gasteiger partial charge in [-0.3, -0.25) is 4.79 Å². The summed E-state index contributed by atoms with van der Waals surface area (Å²) in [6.07, 6.45) is 7.12. The molecule has 0 saturated heterocycles. The van der Waals surface area contributed by atoms with Crippen LogP contribution in [0.4, 0.5) is 0 Å². The summed E-state index contributed by atoms with van der Waals surface area (Å²) in [6, 6.07) is 8.69. The van der Waals surface area contributed by atoms with E-state index in [9.17, 15) is 9.90 Å². The van der Waals surface area contributed by atoms with E-state index < -0.39 is 0 Å². The van der Waals surface area contributed by atoms with Gasteiger partial charge in [0, 0.05) is 12.6 Å². The van der Waals surface area contributed by atoms with Crippen molar-refractivity contribution in [2.75, 3.05) is 6.61 Å². The SMILES string of the molecule is Cc1cccc(C2(C(=O)N[C@H]3CC[C@@H](CO)C3)CCCC2)c1. The van der Waals surface area contributed by atoms with E-state index in [0.29, 0.717) is 5.92 Å². The maximum Gasteiger partial charge on any atom is 0.230 e. The van der Waals surface area contributed by atoms with E-state index >= 15 is 0 Å². The fourth-order valence-electron chi connectivity index (χ4n) is 4.26. The summed E-state index contributed by atoms with van der Waals surface area (Å²) in [5.74, 6) is 0.572. The van der Waals surface area contributed by atoms with Crippen molar-refractivity contribution in [2.24, 2.45) is 5.92 Å². The van der Waals surface area contributed by atoms with Crippen molar-refractivity contribution in [3.05, 3.63) is 35.4 Å². The summed E-state index contributed by atoms with van der Waals surface area (Å²) in [7, 11) is 0. The van der Waals surface area contributed by atoms with Crippen molar-refractivity contribution in [1.29, 1.82) is 0 Å². The zero-order valence-corrected chi connectivity index (χ0v) is 13.5. The summed E-state index contributed by atoms with van der Waals surface area (Å²) in [4.78, 5) is 13.1. The molecule has 120 valence electrons. The Kier molecular flexibility index (Phi) is 4.53. The number of hydrogen-bond acceptors (Lipinski definition) is 2. The van der Waals surface area contributed by atoms with Gasteiger partial charge in [0.15, 0.2) is 0 Å². The summed E-state index contributed by atoms with van der Waals surface area (Å²) in [5, 5.41) is 12.6. The van der Waals surface area contributed by atoms with Crippen LogP contribution in [0.3, 0.4) is 0 Å². The molecule has 2 saturated carbocycles. The van der Waals surface area contributed by atoms with E-state index in [-0.39, 0.29) is 24.0 Å². The largest absolute Gasteiger partial charge is 0.396 e. The molecule has 1 amide bonds. The van der Waals surface area contributed by atoms with Gasteiger partial charge in [-0.1, -0.05) is 42.7 Å². The normalized spacial score (nSPS) is 27.0. The van der Waals surface area contributed by atoms with Gasteiger partial charge in [0.2, 0.25) is 5.91 Å². The first-order chi connectivity index (χ1) is 10.6. The first-order valence-corrected chi connectivity index (χ1v) is 8.63. The van der Waals surface area contributed by atoms with E-state index in [0.717, 1.165) is 44.9 Å². The second-order valence-electron chi connectivity index (χ2n) is 7.19. The molecule has 0 unspecified atom stereocenters. The Hall–Kier alpha value is -1.35. The molecule has 1 aromatic rings. The molecule has 3 rings (SSSR count). The highest BCUT2D eigenvalue weighted by Crippen LogP contribution is 2.42. The lowest BCUT2D eigenvalue weighted by molar-refractivity contribution is -0.127.